The number of nitro groups is 1. The van der Waals surface area contributed by atoms with Crippen LogP contribution in [0.3, 0.4) is 0 Å². The molecule has 1 aromatic rings. The summed E-state index contributed by atoms with van der Waals surface area (Å²) in [5.41, 5.74) is 0.168. The molecule has 0 heterocycles. The number of amides is 1. The lowest BCUT2D eigenvalue weighted by Crippen LogP contribution is -2.25. The summed E-state index contributed by atoms with van der Waals surface area (Å²) in [5, 5.41) is 21.8. The average Bonchev–Trinajstić information content (AvgIpc) is 2.33. The topological polar surface area (TPSA) is 110 Å². The number of nitrogens with one attached hydrogen (secondary N) is 1. The number of nitrogens with zero attached hydrogens (tertiary/aromatic N) is 1. The number of para-hydroxylation sites is 1. The molecule has 0 unspecified atom stereocenters. The van der Waals surface area contributed by atoms with Gasteiger partial charge < -0.3 is 10.4 Å². The van der Waals surface area contributed by atoms with Crippen LogP contribution in [0.15, 0.2) is 18.2 Å². The molecule has 7 nitrogen and oxygen atoms in total. The van der Waals surface area contributed by atoms with E-state index in [0.717, 1.165) is 0 Å². The fourth-order valence-corrected chi connectivity index (χ4v) is 1.62. The second-order valence-electron chi connectivity index (χ2n) is 3.98. The normalized spacial score (nSPS) is 9.95. The van der Waals surface area contributed by atoms with Crippen LogP contribution in [0.1, 0.15) is 28.8 Å². The Morgan fingerprint density at radius 3 is 2.68 bits per heavy atom. The van der Waals surface area contributed by atoms with Gasteiger partial charge in [0.15, 0.2) is 0 Å². The van der Waals surface area contributed by atoms with Gasteiger partial charge in [0, 0.05) is 18.5 Å². The fraction of sp³-hybridized carbons (Fsp3) is 0.333. The Kier molecular flexibility index (Phi) is 4.99. The minimum Gasteiger partial charge on any atom is -0.481 e. The van der Waals surface area contributed by atoms with Crippen molar-refractivity contribution in [3.63, 3.8) is 0 Å². The minimum atomic E-state index is -0.948. The van der Waals surface area contributed by atoms with Gasteiger partial charge in [0.1, 0.15) is 5.56 Å². The van der Waals surface area contributed by atoms with Crippen molar-refractivity contribution in [3.8, 4) is 0 Å². The first-order valence-corrected chi connectivity index (χ1v) is 5.67. The van der Waals surface area contributed by atoms with Crippen LogP contribution >= 0.6 is 0 Å². The highest BCUT2D eigenvalue weighted by molar-refractivity contribution is 5.98. The summed E-state index contributed by atoms with van der Waals surface area (Å²) < 4.78 is 0. The van der Waals surface area contributed by atoms with Crippen molar-refractivity contribution < 1.29 is 19.6 Å². The predicted octanol–water partition coefficient (Wildman–Crippen LogP) is 1.50. The summed E-state index contributed by atoms with van der Waals surface area (Å²) >= 11 is 0. The third-order valence-corrected chi connectivity index (χ3v) is 2.52. The van der Waals surface area contributed by atoms with E-state index < -0.39 is 16.8 Å². The van der Waals surface area contributed by atoms with E-state index in [-0.39, 0.29) is 30.6 Å². The van der Waals surface area contributed by atoms with Crippen LogP contribution < -0.4 is 5.32 Å². The SMILES string of the molecule is Cc1cccc(C(=O)NCCCC(=O)O)c1[N+](=O)[O-]. The van der Waals surface area contributed by atoms with E-state index >= 15 is 0 Å². The van der Waals surface area contributed by atoms with E-state index in [1.165, 1.54) is 6.07 Å². The van der Waals surface area contributed by atoms with Gasteiger partial charge in [0.2, 0.25) is 0 Å². The van der Waals surface area contributed by atoms with Crippen LogP contribution in [-0.4, -0.2) is 28.5 Å². The Bertz CT molecular complexity index is 513. The van der Waals surface area contributed by atoms with Crippen molar-refractivity contribution in [2.45, 2.75) is 19.8 Å². The number of hydrogen-bond acceptors (Lipinski definition) is 4. The number of aliphatic carboxylic acids is 1. The molecule has 0 aliphatic carbocycles. The number of carboxylic acid groups (broad SMARTS) is 1. The quantitative estimate of drug-likeness (QED) is 0.460. The standard InChI is InChI=1S/C12H14N2O5/c1-8-4-2-5-9(11(8)14(18)19)12(17)13-7-3-6-10(15)16/h2,4-5H,3,6-7H2,1H3,(H,13,17)(H,15,16). The molecule has 1 amide bonds. The first-order valence-electron chi connectivity index (χ1n) is 5.67. The molecule has 2 N–H and O–H groups in total. The van der Waals surface area contributed by atoms with Gasteiger partial charge in [-0.15, -0.1) is 0 Å². The first-order chi connectivity index (χ1) is 8.93. The molecule has 0 aliphatic heterocycles. The number of aryl methyl sites for hydroxylation is 1. The molecule has 0 spiro atoms. The Labute approximate surface area is 109 Å². The van der Waals surface area contributed by atoms with Gasteiger partial charge in [-0.05, 0) is 19.4 Å². The summed E-state index contributed by atoms with van der Waals surface area (Å²) in [4.78, 5) is 32.4. The van der Waals surface area contributed by atoms with Gasteiger partial charge >= 0.3 is 5.97 Å². The van der Waals surface area contributed by atoms with Crippen molar-refractivity contribution in [1.29, 1.82) is 0 Å². The van der Waals surface area contributed by atoms with Crippen LogP contribution in [0, 0.1) is 17.0 Å². The van der Waals surface area contributed by atoms with Crippen molar-refractivity contribution in [2.24, 2.45) is 0 Å². The predicted molar refractivity (Wildman–Crippen MR) is 67.0 cm³/mol. The fourth-order valence-electron chi connectivity index (χ4n) is 1.62. The molecule has 1 rings (SSSR count). The largest absolute Gasteiger partial charge is 0.481 e. The Hall–Kier alpha value is -2.44. The number of rotatable bonds is 6. The van der Waals surface area contributed by atoms with Gasteiger partial charge in [-0.25, -0.2) is 0 Å². The smallest absolute Gasteiger partial charge is 0.303 e. The lowest BCUT2D eigenvalue weighted by Gasteiger charge is -2.06. The third-order valence-electron chi connectivity index (χ3n) is 2.52. The molecule has 0 atom stereocenters. The summed E-state index contributed by atoms with van der Waals surface area (Å²) in [6.07, 6.45) is 0.219. The molecule has 102 valence electrons. The highest BCUT2D eigenvalue weighted by atomic mass is 16.6. The summed E-state index contributed by atoms with van der Waals surface area (Å²) in [5.74, 6) is -1.52. The molecular formula is C12H14N2O5. The van der Waals surface area contributed by atoms with Crippen LogP contribution in [0.5, 0.6) is 0 Å². The summed E-state index contributed by atoms with van der Waals surface area (Å²) in [6.45, 7) is 1.72. The highest BCUT2D eigenvalue weighted by Gasteiger charge is 2.21. The van der Waals surface area contributed by atoms with Gasteiger partial charge in [-0.3, -0.25) is 19.7 Å². The Balaban J connectivity index is 2.74. The van der Waals surface area contributed by atoms with Crippen molar-refractivity contribution in [3.05, 3.63) is 39.4 Å². The zero-order valence-electron chi connectivity index (χ0n) is 10.4. The van der Waals surface area contributed by atoms with Crippen LogP contribution in [0.2, 0.25) is 0 Å². The van der Waals surface area contributed by atoms with Gasteiger partial charge in [-0.2, -0.15) is 0 Å². The van der Waals surface area contributed by atoms with E-state index in [2.05, 4.69) is 5.32 Å². The van der Waals surface area contributed by atoms with Gasteiger partial charge in [-0.1, -0.05) is 12.1 Å². The third kappa shape index (κ3) is 4.06. The molecule has 0 saturated carbocycles. The maximum absolute atomic E-state index is 11.8. The molecule has 0 aromatic heterocycles. The van der Waals surface area contributed by atoms with Crippen molar-refractivity contribution in [1.82, 2.24) is 5.32 Å². The number of carbonyl (C=O) groups is 2. The maximum Gasteiger partial charge on any atom is 0.303 e. The molecule has 1 aromatic carbocycles. The molecular weight excluding hydrogens is 252 g/mol. The van der Waals surface area contributed by atoms with Crippen LogP contribution in [-0.2, 0) is 4.79 Å². The van der Waals surface area contributed by atoms with E-state index in [0.29, 0.717) is 5.56 Å². The lowest BCUT2D eigenvalue weighted by molar-refractivity contribution is -0.385. The zero-order valence-corrected chi connectivity index (χ0v) is 10.4. The zero-order chi connectivity index (χ0) is 14.4. The van der Waals surface area contributed by atoms with Gasteiger partial charge in [0.05, 0.1) is 4.92 Å². The summed E-state index contributed by atoms with van der Waals surface area (Å²) in [7, 11) is 0. The second kappa shape index (κ2) is 6.48. The monoisotopic (exact) mass is 266 g/mol. The number of benzene rings is 1. The van der Waals surface area contributed by atoms with Crippen LogP contribution in [0.4, 0.5) is 5.69 Å². The van der Waals surface area contributed by atoms with Crippen molar-refractivity contribution in [2.75, 3.05) is 6.54 Å². The minimum absolute atomic E-state index is 0.0136. The number of carbonyl (C=O) groups excluding carboxylic acids is 1. The average molecular weight is 266 g/mol. The lowest BCUT2D eigenvalue weighted by atomic mass is 10.1. The molecule has 7 heteroatoms. The number of hydrogen-bond donors (Lipinski definition) is 2. The number of nitro benzene ring substituents is 1. The maximum atomic E-state index is 11.8. The molecule has 0 fully saturated rings. The van der Waals surface area contributed by atoms with Crippen molar-refractivity contribution >= 4 is 17.6 Å². The Morgan fingerprint density at radius 2 is 2.11 bits per heavy atom. The second-order valence-corrected chi connectivity index (χ2v) is 3.98. The number of carboxylic acids is 1. The van der Waals surface area contributed by atoms with E-state index in [9.17, 15) is 19.7 Å². The Morgan fingerprint density at radius 1 is 1.42 bits per heavy atom. The first kappa shape index (κ1) is 14.6. The molecule has 0 aliphatic rings. The van der Waals surface area contributed by atoms with E-state index in [1.807, 2.05) is 0 Å². The van der Waals surface area contributed by atoms with Gasteiger partial charge in [0.25, 0.3) is 11.6 Å². The molecule has 19 heavy (non-hydrogen) atoms. The summed E-state index contributed by atoms with van der Waals surface area (Å²) in [6, 6.07) is 4.49. The highest BCUT2D eigenvalue weighted by Crippen LogP contribution is 2.22. The molecule has 0 radical (unpaired) electrons. The van der Waals surface area contributed by atoms with E-state index in [4.69, 9.17) is 5.11 Å². The van der Waals surface area contributed by atoms with Crippen LogP contribution in [0.25, 0.3) is 0 Å². The molecule has 0 saturated heterocycles. The van der Waals surface area contributed by atoms with E-state index in [1.54, 1.807) is 19.1 Å². The molecule has 0 bridgehead atoms.